The van der Waals surface area contributed by atoms with Gasteiger partial charge in [-0.25, -0.2) is 4.98 Å². The molecule has 2 aliphatic heterocycles. The van der Waals surface area contributed by atoms with Crippen molar-refractivity contribution in [1.82, 2.24) is 19.9 Å². The van der Waals surface area contributed by atoms with Gasteiger partial charge in [0.2, 0.25) is 0 Å². The Morgan fingerprint density at radius 3 is 2.27 bits per heavy atom. The first kappa shape index (κ1) is 32.9. The molecule has 5 heterocycles. The minimum atomic E-state index is -1.80. The third kappa shape index (κ3) is 5.20. The van der Waals surface area contributed by atoms with E-state index >= 15 is 0 Å². The van der Waals surface area contributed by atoms with Crippen molar-refractivity contribution in [3.63, 3.8) is 0 Å². The Morgan fingerprint density at radius 1 is 0.978 bits per heavy atom. The van der Waals surface area contributed by atoms with Gasteiger partial charge >= 0.3 is 23.1 Å². The molecule has 45 heavy (non-hydrogen) atoms. The zero-order chi connectivity index (χ0) is 31.8. The number of allylic oxidation sites excluding steroid dienone is 1. The van der Waals surface area contributed by atoms with E-state index in [2.05, 4.69) is 0 Å². The summed E-state index contributed by atoms with van der Waals surface area (Å²) < 4.78 is 0. The first-order valence-electron chi connectivity index (χ1n) is 14.9. The van der Waals surface area contributed by atoms with Crippen LogP contribution >= 0.6 is 0 Å². The van der Waals surface area contributed by atoms with Crippen LogP contribution in [0.4, 0.5) is 0 Å². The first-order chi connectivity index (χ1) is 20.8. The van der Waals surface area contributed by atoms with Gasteiger partial charge in [0.15, 0.2) is 6.29 Å². The average Bonchev–Trinajstić information content (AvgIpc) is 3.72. The van der Waals surface area contributed by atoms with E-state index in [0.717, 1.165) is 11.1 Å². The third-order valence-electron chi connectivity index (χ3n) is 9.30. The first-order valence-corrected chi connectivity index (χ1v) is 14.9. The zero-order valence-corrected chi connectivity index (χ0v) is 27.6. The summed E-state index contributed by atoms with van der Waals surface area (Å²) in [4.78, 5) is 31.2. The molecule has 3 aromatic heterocycles. The molecule has 3 aliphatic rings. The van der Waals surface area contributed by atoms with Gasteiger partial charge in [0.25, 0.3) is 0 Å². The van der Waals surface area contributed by atoms with E-state index in [1.807, 2.05) is 34.6 Å². The molecule has 3 aromatic rings. The van der Waals surface area contributed by atoms with Crippen LogP contribution in [0.5, 0.6) is 0 Å². The van der Waals surface area contributed by atoms with Gasteiger partial charge in [-0.15, -0.1) is 27.8 Å². The summed E-state index contributed by atoms with van der Waals surface area (Å²) in [6.45, 7) is 11.1. The van der Waals surface area contributed by atoms with E-state index in [9.17, 15) is 30.3 Å². The maximum atomic E-state index is 13.4. The van der Waals surface area contributed by atoms with Crippen molar-refractivity contribution < 1.29 is 30.3 Å². The normalized spacial score (nSPS) is 18.0. The van der Waals surface area contributed by atoms with Gasteiger partial charge in [0.1, 0.15) is 0 Å². The number of fused-ring (bicyclic) bond motifs is 8. The molecular weight excluding hydrogens is 585 g/mol. The molecule has 8 bridgehead atoms. The number of carboxylic acids is 1. The number of carbonyl (C=O) groups excluding carboxylic acids is 1. The number of carbonyl (C=O) groups is 1. The molecule has 0 saturated heterocycles. The molecule has 6 rings (SSSR count). The van der Waals surface area contributed by atoms with E-state index in [1.165, 1.54) is 6.08 Å². The van der Waals surface area contributed by atoms with Gasteiger partial charge in [-0.3, -0.25) is 4.98 Å². The summed E-state index contributed by atoms with van der Waals surface area (Å²) >= 11 is 0. The molecule has 230 valence electrons. The number of rotatable bonds is 6. The van der Waals surface area contributed by atoms with Crippen LogP contribution in [0.3, 0.4) is 0 Å². The molecule has 10 nitrogen and oxygen atoms in total. The van der Waals surface area contributed by atoms with Crippen LogP contribution in [0.1, 0.15) is 114 Å². The van der Waals surface area contributed by atoms with Gasteiger partial charge in [-0.05, 0) is 74.8 Å². The number of carboxylic acid groups (broad SMARTS) is 1. The van der Waals surface area contributed by atoms with Gasteiger partial charge in [-0.1, -0.05) is 43.2 Å². The smallest absolute Gasteiger partial charge is 0.872 e. The van der Waals surface area contributed by atoms with Crippen LogP contribution in [-0.2, 0) is 4.79 Å². The molecule has 0 unspecified atom stereocenters. The van der Waals surface area contributed by atoms with Gasteiger partial charge in [0, 0.05) is 29.1 Å². The molecule has 0 saturated carbocycles. The fourth-order valence-corrected chi connectivity index (χ4v) is 7.16. The Morgan fingerprint density at radius 2 is 1.64 bits per heavy atom. The van der Waals surface area contributed by atoms with Gasteiger partial charge in [0.05, 0.1) is 23.2 Å². The van der Waals surface area contributed by atoms with Crippen LogP contribution in [-0.4, -0.2) is 60.6 Å². The summed E-state index contributed by atoms with van der Waals surface area (Å²) in [7, 11) is 0. The molecule has 0 spiro atoms. The summed E-state index contributed by atoms with van der Waals surface area (Å²) in [5.41, 5.74) is 8.90. The van der Waals surface area contributed by atoms with Crippen LogP contribution in [0.2, 0.25) is 0 Å². The van der Waals surface area contributed by atoms with Crippen molar-refractivity contribution >= 4 is 74.1 Å². The maximum Gasteiger partial charge on any atom is 2.00 e. The average molecular weight is 619 g/mol. The molecule has 0 aromatic carbocycles. The van der Waals surface area contributed by atoms with E-state index < -0.39 is 18.4 Å². The number of hydrogen-bond acceptors (Lipinski definition) is 8. The molecule has 11 heteroatoms. The van der Waals surface area contributed by atoms with Crippen molar-refractivity contribution in [3.8, 4) is 0 Å². The van der Waals surface area contributed by atoms with Crippen LogP contribution in [0.15, 0.2) is 12.1 Å². The SMILES string of the molecule is CCC1=C(C(O)O)c2cc3[n-]c(c(C)c4nc(c5c6[n-]c(cc1n2)c(C)c6C([O-])=C5)[C@@H](CCC(=O)[O-])[C@@H]4C)c(C)c3[C@@H](C)O.[Mg+2]. The largest absolute Gasteiger partial charge is 2.00 e. The Labute approximate surface area is 276 Å². The van der Waals surface area contributed by atoms with Crippen molar-refractivity contribution in [3.05, 3.63) is 68.3 Å². The van der Waals surface area contributed by atoms with Crippen LogP contribution in [0, 0.1) is 20.8 Å². The summed E-state index contributed by atoms with van der Waals surface area (Å²) in [5.74, 6) is -1.87. The molecule has 3 N–H and O–H groups in total. The van der Waals surface area contributed by atoms with E-state index in [0.29, 0.717) is 79.1 Å². The van der Waals surface area contributed by atoms with Crippen LogP contribution in [0.25, 0.3) is 45.0 Å². The van der Waals surface area contributed by atoms with Gasteiger partial charge in [-0.2, -0.15) is 0 Å². The topological polar surface area (TPSA) is 178 Å². The van der Waals surface area contributed by atoms with Crippen LogP contribution < -0.4 is 20.2 Å². The molecule has 3 atom stereocenters. The minimum absolute atomic E-state index is 0. The maximum absolute atomic E-state index is 13.4. The quantitative estimate of drug-likeness (QED) is 0.274. The van der Waals surface area contributed by atoms with Gasteiger partial charge < -0.3 is 40.3 Å². The Hall–Kier alpha value is -3.48. The number of aromatic nitrogens is 4. The predicted molar refractivity (Wildman–Crippen MR) is 168 cm³/mol. The monoisotopic (exact) mass is 618 g/mol. The van der Waals surface area contributed by atoms with E-state index in [1.54, 1.807) is 19.1 Å². The minimum Gasteiger partial charge on any atom is -0.872 e. The molecule has 0 fully saturated rings. The standard InChI is InChI=1S/C34H37N4O6.Mg/c1-7-18-22-11-21-14(3)28-25(40)10-20(33(28)36-21)32-19(8-9-26(41)42)13(2)30(38-32)16(5)31-15(4)27(17(6)39)23(37-31)12-24(35-22)29(18)34(43)44;/h10-13,17,19,34,39,43-44H,7-9H2,1-6H3,(H3-,35,36,37,38,40,41,42);/q-1;+2/p-3/t13-,17+,19-;/m0./s1. The molecule has 0 radical (unpaired) electrons. The second-order valence-corrected chi connectivity index (χ2v) is 11.9. The Balaban J connectivity index is 0.00000400. The summed E-state index contributed by atoms with van der Waals surface area (Å²) in [6, 6.07) is 3.41. The third-order valence-corrected chi connectivity index (χ3v) is 9.30. The Kier molecular flexibility index (Phi) is 8.80. The number of nitrogens with zero attached hydrogens (tertiary/aromatic N) is 4. The second-order valence-electron chi connectivity index (χ2n) is 11.9. The van der Waals surface area contributed by atoms with Crippen molar-refractivity contribution in [2.45, 2.75) is 85.0 Å². The number of hydrogen-bond donors (Lipinski definition) is 3. The summed E-state index contributed by atoms with van der Waals surface area (Å²) in [5, 5.41) is 56.7. The molecular formula is C34H34MgN4O6-2. The number of aryl methyl sites for hydroxylation is 3. The van der Waals surface area contributed by atoms with Crippen molar-refractivity contribution in [1.29, 1.82) is 0 Å². The molecule has 0 amide bonds. The second kappa shape index (κ2) is 12.0. The van der Waals surface area contributed by atoms with E-state index in [4.69, 9.17) is 19.9 Å². The summed E-state index contributed by atoms with van der Waals surface area (Å²) in [6.07, 6.45) is -0.587. The number of aliphatic hydroxyl groups is 3. The number of aliphatic carboxylic acids is 1. The fraction of sp³-hybridized carbons (Fsp3) is 0.382. The van der Waals surface area contributed by atoms with E-state index in [-0.39, 0.29) is 59.1 Å². The Bertz CT molecular complexity index is 1970. The molecule has 1 aliphatic carbocycles. The predicted octanol–water partition coefficient (Wildman–Crippen LogP) is 2.39. The van der Waals surface area contributed by atoms with Crippen molar-refractivity contribution in [2.75, 3.05) is 0 Å². The fourth-order valence-electron chi connectivity index (χ4n) is 7.16. The zero-order valence-electron chi connectivity index (χ0n) is 26.2. The number of aliphatic hydroxyl groups excluding tert-OH is 2. The van der Waals surface area contributed by atoms with Crippen molar-refractivity contribution in [2.24, 2.45) is 0 Å².